The van der Waals surface area contributed by atoms with Gasteiger partial charge >= 0.3 is 0 Å². The number of aryl methyl sites for hydroxylation is 1. The lowest BCUT2D eigenvalue weighted by Crippen LogP contribution is -2.07. The molecule has 2 rings (SSSR count). The number of nitrogens with one attached hydrogen (secondary N) is 1. The molecule has 0 amide bonds. The second-order valence-electron chi connectivity index (χ2n) is 3.79. The molecule has 0 radical (unpaired) electrons. The van der Waals surface area contributed by atoms with Gasteiger partial charge in [-0.1, -0.05) is 0 Å². The van der Waals surface area contributed by atoms with E-state index in [0.717, 1.165) is 21.6 Å². The fourth-order valence-corrected chi connectivity index (χ4v) is 1.94. The monoisotopic (exact) mass is 371 g/mol. The molecule has 100 valence electrons. The molecule has 2 heterocycles. The minimum Gasteiger partial charge on any atom is -0.480 e. The van der Waals surface area contributed by atoms with Crippen LogP contribution >= 0.6 is 22.6 Å². The van der Waals surface area contributed by atoms with Gasteiger partial charge in [0.1, 0.15) is 11.5 Å². The molecule has 0 aliphatic heterocycles. The highest BCUT2D eigenvalue weighted by Crippen LogP contribution is 2.22. The Morgan fingerprint density at radius 3 is 2.63 bits per heavy atom. The van der Waals surface area contributed by atoms with Crippen molar-refractivity contribution in [3.8, 4) is 17.4 Å². The fourth-order valence-electron chi connectivity index (χ4n) is 1.51. The molecular weight excluding hydrogens is 357 g/mol. The van der Waals surface area contributed by atoms with Gasteiger partial charge in [-0.25, -0.2) is 9.97 Å². The maximum absolute atomic E-state index is 4.98. The van der Waals surface area contributed by atoms with Crippen molar-refractivity contribution in [1.29, 1.82) is 0 Å². The molecule has 2 aromatic rings. The molecule has 0 aromatic carbocycles. The number of aromatic nitrogens is 4. The number of ether oxygens (including phenoxy) is 1. The van der Waals surface area contributed by atoms with E-state index in [0.29, 0.717) is 17.4 Å². The number of rotatable bonds is 4. The first kappa shape index (κ1) is 13.9. The molecule has 2 aromatic heterocycles. The fraction of sp³-hybridized carbons (Fsp3) is 0.333. The number of hydrogen-bond acceptors (Lipinski definition) is 6. The molecule has 0 bridgehead atoms. The van der Waals surface area contributed by atoms with Gasteiger partial charge in [0.15, 0.2) is 5.82 Å². The van der Waals surface area contributed by atoms with Gasteiger partial charge in [0.05, 0.1) is 16.4 Å². The molecule has 0 saturated carbocycles. The third-order valence-corrected chi connectivity index (χ3v) is 3.73. The average Bonchev–Trinajstić information content (AvgIpc) is 2.44. The topological polar surface area (TPSA) is 72.8 Å². The van der Waals surface area contributed by atoms with E-state index in [1.54, 1.807) is 19.2 Å². The first-order valence-electron chi connectivity index (χ1n) is 5.81. The van der Waals surface area contributed by atoms with Crippen LogP contribution in [0.2, 0.25) is 0 Å². The third-order valence-electron chi connectivity index (χ3n) is 2.44. The largest absolute Gasteiger partial charge is 0.480 e. The van der Waals surface area contributed by atoms with Crippen molar-refractivity contribution in [2.45, 2.75) is 13.8 Å². The Morgan fingerprint density at radius 2 is 2.05 bits per heavy atom. The van der Waals surface area contributed by atoms with Crippen LogP contribution in [0.4, 0.5) is 5.82 Å². The Kier molecular flexibility index (Phi) is 4.46. The van der Waals surface area contributed by atoms with Crippen LogP contribution in [0.5, 0.6) is 5.88 Å². The van der Waals surface area contributed by atoms with Gasteiger partial charge in [-0.05, 0) is 42.5 Å². The number of nitrogens with zero attached hydrogens (tertiary/aromatic N) is 4. The lowest BCUT2D eigenvalue weighted by Gasteiger charge is -2.09. The Morgan fingerprint density at radius 1 is 1.26 bits per heavy atom. The standard InChI is InChI=1S/C12H14IN5O/c1-4-14-12-10(13)7(2)15-11(16-12)8-5-6-9(19-3)18-17-8/h5-6H,4H2,1-3H3,(H,14,15,16). The molecule has 0 fully saturated rings. The Balaban J connectivity index is 2.43. The number of methoxy groups -OCH3 is 1. The molecule has 19 heavy (non-hydrogen) atoms. The van der Waals surface area contributed by atoms with Crippen LogP contribution in [-0.2, 0) is 0 Å². The maximum Gasteiger partial charge on any atom is 0.233 e. The SMILES string of the molecule is CCNc1nc(-c2ccc(OC)nn2)nc(C)c1I. The molecule has 6 nitrogen and oxygen atoms in total. The van der Waals surface area contributed by atoms with E-state index in [2.05, 4.69) is 48.1 Å². The van der Waals surface area contributed by atoms with Gasteiger partial charge in [0.25, 0.3) is 0 Å². The Bertz CT molecular complexity index is 573. The van der Waals surface area contributed by atoms with Crippen molar-refractivity contribution in [1.82, 2.24) is 20.2 Å². The summed E-state index contributed by atoms with van der Waals surface area (Å²) in [5.41, 5.74) is 1.54. The molecule has 0 aliphatic rings. The first-order chi connectivity index (χ1) is 9.15. The van der Waals surface area contributed by atoms with Crippen molar-refractivity contribution in [3.63, 3.8) is 0 Å². The highest BCUT2D eigenvalue weighted by Gasteiger charge is 2.11. The lowest BCUT2D eigenvalue weighted by molar-refractivity contribution is 0.392. The van der Waals surface area contributed by atoms with Gasteiger partial charge < -0.3 is 10.1 Å². The molecule has 0 aliphatic carbocycles. The third kappa shape index (κ3) is 3.09. The van der Waals surface area contributed by atoms with Gasteiger partial charge in [-0.2, -0.15) is 0 Å². The summed E-state index contributed by atoms with van der Waals surface area (Å²) in [6, 6.07) is 3.54. The van der Waals surface area contributed by atoms with Crippen LogP contribution in [0.3, 0.4) is 0 Å². The molecule has 7 heteroatoms. The van der Waals surface area contributed by atoms with E-state index >= 15 is 0 Å². The van der Waals surface area contributed by atoms with Crippen molar-refractivity contribution >= 4 is 28.4 Å². The molecule has 1 N–H and O–H groups in total. The van der Waals surface area contributed by atoms with E-state index < -0.39 is 0 Å². The van der Waals surface area contributed by atoms with Crippen LogP contribution < -0.4 is 10.1 Å². The van der Waals surface area contributed by atoms with Gasteiger partial charge in [0.2, 0.25) is 5.88 Å². The zero-order valence-electron chi connectivity index (χ0n) is 10.9. The summed E-state index contributed by atoms with van der Waals surface area (Å²) in [5.74, 6) is 1.85. The number of hydrogen-bond donors (Lipinski definition) is 1. The van der Waals surface area contributed by atoms with E-state index in [1.807, 2.05) is 13.8 Å². The smallest absolute Gasteiger partial charge is 0.233 e. The summed E-state index contributed by atoms with van der Waals surface area (Å²) < 4.78 is 6.00. The predicted molar refractivity (Wildman–Crippen MR) is 81.2 cm³/mol. The highest BCUT2D eigenvalue weighted by molar-refractivity contribution is 14.1. The predicted octanol–water partition coefficient (Wildman–Crippen LogP) is 2.29. The van der Waals surface area contributed by atoms with Crippen LogP contribution in [0.25, 0.3) is 11.5 Å². The molecule has 0 saturated heterocycles. The number of halogens is 1. The minimum atomic E-state index is 0.470. The van der Waals surface area contributed by atoms with E-state index in [-0.39, 0.29) is 0 Å². The Hall–Kier alpha value is -1.51. The zero-order valence-corrected chi connectivity index (χ0v) is 13.1. The zero-order chi connectivity index (χ0) is 13.8. The van der Waals surface area contributed by atoms with Crippen molar-refractivity contribution in [3.05, 3.63) is 21.4 Å². The maximum atomic E-state index is 4.98. The van der Waals surface area contributed by atoms with Crippen molar-refractivity contribution in [2.24, 2.45) is 0 Å². The average molecular weight is 371 g/mol. The Labute approximate surface area is 125 Å². The van der Waals surface area contributed by atoms with Gasteiger partial charge in [-0.3, -0.25) is 0 Å². The second kappa shape index (κ2) is 6.09. The van der Waals surface area contributed by atoms with Crippen molar-refractivity contribution in [2.75, 3.05) is 19.0 Å². The van der Waals surface area contributed by atoms with E-state index in [1.165, 1.54) is 0 Å². The van der Waals surface area contributed by atoms with Crippen LogP contribution in [0.15, 0.2) is 12.1 Å². The quantitative estimate of drug-likeness (QED) is 0.832. The van der Waals surface area contributed by atoms with E-state index in [9.17, 15) is 0 Å². The summed E-state index contributed by atoms with van der Waals surface area (Å²) in [4.78, 5) is 8.91. The summed E-state index contributed by atoms with van der Waals surface area (Å²) in [6.45, 7) is 4.78. The van der Waals surface area contributed by atoms with Crippen LogP contribution in [0, 0.1) is 10.5 Å². The van der Waals surface area contributed by atoms with Gasteiger partial charge in [-0.15, -0.1) is 10.2 Å². The summed E-state index contributed by atoms with van der Waals surface area (Å²) in [6.07, 6.45) is 0. The lowest BCUT2D eigenvalue weighted by atomic mass is 10.3. The summed E-state index contributed by atoms with van der Waals surface area (Å²) >= 11 is 2.23. The molecule has 0 atom stereocenters. The van der Waals surface area contributed by atoms with Gasteiger partial charge in [0, 0.05) is 12.6 Å². The molecule has 0 unspecified atom stereocenters. The first-order valence-corrected chi connectivity index (χ1v) is 6.89. The summed E-state index contributed by atoms with van der Waals surface area (Å²) in [5, 5.41) is 11.2. The van der Waals surface area contributed by atoms with Crippen LogP contribution in [0.1, 0.15) is 12.6 Å². The highest BCUT2D eigenvalue weighted by atomic mass is 127. The molecular formula is C12H14IN5O. The number of anilines is 1. The second-order valence-corrected chi connectivity index (χ2v) is 4.87. The molecule has 0 spiro atoms. The normalized spacial score (nSPS) is 10.3. The van der Waals surface area contributed by atoms with Crippen LogP contribution in [-0.4, -0.2) is 33.8 Å². The van der Waals surface area contributed by atoms with E-state index in [4.69, 9.17) is 4.74 Å². The summed E-state index contributed by atoms with van der Waals surface area (Å²) in [7, 11) is 1.55. The van der Waals surface area contributed by atoms with Crippen molar-refractivity contribution < 1.29 is 4.74 Å². The minimum absolute atomic E-state index is 0.470.